The van der Waals surface area contributed by atoms with Crippen molar-refractivity contribution in [3.8, 4) is 5.75 Å². The Bertz CT molecular complexity index is 402. The summed E-state index contributed by atoms with van der Waals surface area (Å²) >= 11 is 0. The fourth-order valence-electron chi connectivity index (χ4n) is 2.95. The van der Waals surface area contributed by atoms with Gasteiger partial charge in [-0.2, -0.15) is 0 Å². The molecule has 0 radical (unpaired) electrons. The molecule has 1 heterocycles. The number of hydrogen-bond acceptors (Lipinski definition) is 3. The molecule has 3 heteroatoms. The lowest BCUT2D eigenvalue weighted by molar-refractivity contribution is 0.238. The van der Waals surface area contributed by atoms with Crippen molar-refractivity contribution in [2.45, 2.75) is 45.4 Å². The van der Waals surface area contributed by atoms with Gasteiger partial charge in [-0.1, -0.05) is 38.3 Å². The Morgan fingerprint density at radius 1 is 1.09 bits per heavy atom. The molecular formula is C19H32N2O. The van der Waals surface area contributed by atoms with Crippen LogP contribution in [0.4, 0.5) is 0 Å². The average molecular weight is 304 g/mol. The highest BCUT2D eigenvalue weighted by molar-refractivity contribution is 5.28. The van der Waals surface area contributed by atoms with Crippen LogP contribution in [0.1, 0.15) is 44.6 Å². The largest absolute Gasteiger partial charge is 0.494 e. The molecule has 1 aromatic rings. The lowest BCUT2D eigenvalue weighted by Gasteiger charge is -2.27. The van der Waals surface area contributed by atoms with E-state index >= 15 is 0 Å². The molecule has 0 saturated carbocycles. The van der Waals surface area contributed by atoms with Crippen LogP contribution in [0.3, 0.4) is 0 Å². The van der Waals surface area contributed by atoms with Crippen LogP contribution >= 0.6 is 0 Å². The van der Waals surface area contributed by atoms with E-state index < -0.39 is 0 Å². The van der Waals surface area contributed by atoms with E-state index in [-0.39, 0.29) is 0 Å². The van der Waals surface area contributed by atoms with Crippen LogP contribution in [-0.4, -0.2) is 44.2 Å². The number of nitrogens with zero attached hydrogens (tertiary/aromatic N) is 1. The van der Waals surface area contributed by atoms with Gasteiger partial charge in [0.05, 0.1) is 6.61 Å². The Hall–Kier alpha value is -1.06. The van der Waals surface area contributed by atoms with Crippen molar-refractivity contribution >= 4 is 0 Å². The molecule has 2 rings (SSSR count). The molecular weight excluding hydrogens is 272 g/mol. The number of rotatable bonds is 10. The summed E-state index contributed by atoms with van der Waals surface area (Å²) in [5, 5.41) is 3.40. The number of benzene rings is 1. The van der Waals surface area contributed by atoms with Crippen LogP contribution in [-0.2, 0) is 6.42 Å². The minimum absolute atomic E-state index is 0.851. The van der Waals surface area contributed by atoms with Gasteiger partial charge in [0.1, 0.15) is 5.75 Å². The van der Waals surface area contributed by atoms with Gasteiger partial charge < -0.3 is 15.0 Å². The van der Waals surface area contributed by atoms with E-state index in [0.717, 1.165) is 31.9 Å². The van der Waals surface area contributed by atoms with Gasteiger partial charge in [-0.05, 0) is 43.5 Å². The van der Waals surface area contributed by atoms with Crippen molar-refractivity contribution in [1.82, 2.24) is 10.2 Å². The zero-order valence-electron chi connectivity index (χ0n) is 14.2. The molecule has 0 spiro atoms. The number of hydrogen-bond donors (Lipinski definition) is 1. The first-order chi connectivity index (χ1) is 10.9. The van der Waals surface area contributed by atoms with Crippen LogP contribution in [0.5, 0.6) is 5.75 Å². The van der Waals surface area contributed by atoms with E-state index in [0.29, 0.717) is 0 Å². The predicted molar refractivity (Wildman–Crippen MR) is 93.7 cm³/mol. The van der Waals surface area contributed by atoms with Gasteiger partial charge in [-0.15, -0.1) is 0 Å². The molecule has 3 nitrogen and oxygen atoms in total. The molecule has 1 aliphatic heterocycles. The Balaban J connectivity index is 1.64. The standard InChI is InChI=1S/C19H32N2O/c1-2-3-4-5-16-22-19-10-6-8-18(17-19)9-7-13-21-14-11-20-12-15-21/h6,8,10,17,20H,2-5,7,9,11-16H2,1H3. The minimum Gasteiger partial charge on any atom is -0.494 e. The monoisotopic (exact) mass is 304 g/mol. The Kier molecular flexibility index (Phi) is 8.36. The Morgan fingerprint density at radius 2 is 1.95 bits per heavy atom. The van der Waals surface area contributed by atoms with Crippen molar-refractivity contribution in [2.24, 2.45) is 0 Å². The van der Waals surface area contributed by atoms with Crippen LogP contribution in [0.15, 0.2) is 24.3 Å². The summed E-state index contributed by atoms with van der Waals surface area (Å²) in [7, 11) is 0. The molecule has 0 unspecified atom stereocenters. The van der Waals surface area contributed by atoms with Crippen molar-refractivity contribution in [3.63, 3.8) is 0 Å². The Labute approximate surface area is 136 Å². The third kappa shape index (κ3) is 6.80. The topological polar surface area (TPSA) is 24.5 Å². The number of aryl methyl sites for hydroxylation is 1. The van der Waals surface area contributed by atoms with Crippen LogP contribution < -0.4 is 10.1 Å². The smallest absolute Gasteiger partial charge is 0.119 e. The van der Waals surface area contributed by atoms with Gasteiger partial charge in [0.25, 0.3) is 0 Å². The summed E-state index contributed by atoms with van der Waals surface area (Å²) in [6.07, 6.45) is 7.43. The van der Waals surface area contributed by atoms with E-state index in [1.165, 1.54) is 57.3 Å². The van der Waals surface area contributed by atoms with Gasteiger partial charge in [0.15, 0.2) is 0 Å². The van der Waals surface area contributed by atoms with Gasteiger partial charge in [-0.3, -0.25) is 0 Å². The maximum absolute atomic E-state index is 5.87. The maximum atomic E-state index is 5.87. The average Bonchev–Trinajstić information content (AvgIpc) is 2.56. The Morgan fingerprint density at radius 3 is 2.77 bits per heavy atom. The SMILES string of the molecule is CCCCCCOc1cccc(CCCN2CCNCC2)c1. The first-order valence-corrected chi connectivity index (χ1v) is 9.03. The third-order valence-electron chi connectivity index (χ3n) is 4.31. The number of nitrogens with one attached hydrogen (secondary N) is 1. The van der Waals surface area contributed by atoms with Crippen LogP contribution in [0, 0.1) is 0 Å². The summed E-state index contributed by atoms with van der Waals surface area (Å²) in [6, 6.07) is 8.65. The summed E-state index contributed by atoms with van der Waals surface area (Å²) < 4.78 is 5.87. The highest BCUT2D eigenvalue weighted by Crippen LogP contribution is 2.15. The van der Waals surface area contributed by atoms with Crippen molar-refractivity contribution in [3.05, 3.63) is 29.8 Å². The normalized spacial score (nSPS) is 15.9. The van der Waals surface area contributed by atoms with Crippen LogP contribution in [0.2, 0.25) is 0 Å². The lowest BCUT2D eigenvalue weighted by atomic mass is 10.1. The number of ether oxygens (including phenoxy) is 1. The van der Waals surface area contributed by atoms with E-state index in [9.17, 15) is 0 Å². The molecule has 1 N–H and O–H groups in total. The van der Waals surface area contributed by atoms with Gasteiger partial charge in [0, 0.05) is 26.2 Å². The molecule has 0 bridgehead atoms. The van der Waals surface area contributed by atoms with Gasteiger partial charge in [-0.25, -0.2) is 0 Å². The first-order valence-electron chi connectivity index (χ1n) is 9.03. The molecule has 1 fully saturated rings. The van der Waals surface area contributed by atoms with E-state index in [1.54, 1.807) is 0 Å². The van der Waals surface area contributed by atoms with Crippen molar-refractivity contribution < 1.29 is 4.74 Å². The summed E-state index contributed by atoms with van der Waals surface area (Å²) in [4.78, 5) is 2.56. The molecule has 1 saturated heterocycles. The van der Waals surface area contributed by atoms with Crippen molar-refractivity contribution in [2.75, 3.05) is 39.3 Å². The van der Waals surface area contributed by atoms with Crippen molar-refractivity contribution in [1.29, 1.82) is 0 Å². The second kappa shape index (κ2) is 10.6. The fourth-order valence-corrected chi connectivity index (χ4v) is 2.95. The second-order valence-corrected chi connectivity index (χ2v) is 6.25. The highest BCUT2D eigenvalue weighted by Gasteiger charge is 2.08. The zero-order valence-corrected chi connectivity index (χ0v) is 14.2. The second-order valence-electron chi connectivity index (χ2n) is 6.25. The van der Waals surface area contributed by atoms with Gasteiger partial charge in [0.2, 0.25) is 0 Å². The molecule has 22 heavy (non-hydrogen) atoms. The molecule has 1 aromatic carbocycles. The summed E-state index contributed by atoms with van der Waals surface area (Å²) in [5.74, 6) is 1.04. The quantitative estimate of drug-likeness (QED) is 0.670. The molecule has 0 amide bonds. The summed E-state index contributed by atoms with van der Waals surface area (Å²) in [6.45, 7) is 8.98. The highest BCUT2D eigenvalue weighted by atomic mass is 16.5. The summed E-state index contributed by atoms with van der Waals surface area (Å²) in [5.41, 5.74) is 1.40. The van der Waals surface area contributed by atoms with E-state index in [1.807, 2.05) is 0 Å². The lowest BCUT2D eigenvalue weighted by Crippen LogP contribution is -2.43. The molecule has 1 aliphatic rings. The van der Waals surface area contributed by atoms with E-state index in [2.05, 4.69) is 41.4 Å². The zero-order chi connectivity index (χ0) is 15.5. The molecule has 124 valence electrons. The first kappa shape index (κ1) is 17.3. The molecule has 0 aromatic heterocycles. The number of unbranched alkanes of at least 4 members (excludes halogenated alkanes) is 3. The fraction of sp³-hybridized carbons (Fsp3) is 0.684. The maximum Gasteiger partial charge on any atom is 0.119 e. The molecule has 0 aliphatic carbocycles. The van der Waals surface area contributed by atoms with E-state index in [4.69, 9.17) is 4.74 Å². The third-order valence-corrected chi connectivity index (χ3v) is 4.31. The van der Waals surface area contributed by atoms with Crippen LogP contribution in [0.25, 0.3) is 0 Å². The number of piperazine rings is 1. The molecule has 0 atom stereocenters. The predicted octanol–water partition coefficient (Wildman–Crippen LogP) is 3.48. The minimum atomic E-state index is 0.851. The van der Waals surface area contributed by atoms with Gasteiger partial charge >= 0.3 is 0 Å².